The van der Waals surface area contributed by atoms with Gasteiger partial charge in [-0.15, -0.1) is 0 Å². The molecule has 0 aromatic heterocycles. The highest BCUT2D eigenvalue weighted by molar-refractivity contribution is 7.86. The molecule has 0 saturated carbocycles. The number of aliphatic hydroxyl groups is 3. The summed E-state index contributed by atoms with van der Waals surface area (Å²) in [5, 5.41) is 24.2. The molecule has 0 aliphatic rings. The smallest absolute Gasteiger partial charge is 0.270 e. The SMILES string of the molecule is CCC(C(O)C(O)O)S(=O)(=O)O. The van der Waals surface area contributed by atoms with Crippen LogP contribution in [-0.2, 0) is 10.1 Å². The van der Waals surface area contributed by atoms with E-state index in [9.17, 15) is 8.42 Å². The summed E-state index contributed by atoms with van der Waals surface area (Å²) in [6.07, 6.45) is -4.15. The van der Waals surface area contributed by atoms with Crippen LogP contribution in [0.15, 0.2) is 0 Å². The highest BCUT2D eigenvalue weighted by atomic mass is 32.2. The van der Waals surface area contributed by atoms with Crippen LogP contribution in [0.5, 0.6) is 0 Å². The minimum absolute atomic E-state index is 0.0996. The monoisotopic (exact) mass is 200 g/mol. The van der Waals surface area contributed by atoms with Crippen molar-refractivity contribution in [2.75, 3.05) is 0 Å². The lowest BCUT2D eigenvalue weighted by atomic mass is 10.2. The average Bonchev–Trinajstić information content (AvgIpc) is 1.85. The molecule has 0 fully saturated rings. The Bertz CT molecular complexity index is 220. The number of hydrogen-bond donors (Lipinski definition) is 4. The third kappa shape index (κ3) is 3.03. The van der Waals surface area contributed by atoms with E-state index in [4.69, 9.17) is 19.9 Å². The molecule has 0 spiro atoms. The third-order valence-electron chi connectivity index (χ3n) is 1.47. The molecular formula is C5H12O6S. The lowest BCUT2D eigenvalue weighted by Gasteiger charge is -2.19. The minimum Gasteiger partial charge on any atom is -0.386 e. The van der Waals surface area contributed by atoms with Gasteiger partial charge in [0.15, 0.2) is 6.29 Å². The molecule has 2 unspecified atom stereocenters. The first-order chi connectivity index (χ1) is 5.30. The van der Waals surface area contributed by atoms with E-state index in [1.54, 1.807) is 0 Å². The van der Waals surface area contributed by atoms with Crippen molar-refractivity contribution < 1.29 is 28.3 Å². The molecule has 2 atom stereocenters. The van der Waals surface area contributed by atoms with Gasteiger partial charge in [0.05, 0.1) is 0 Å². The number of hydrogen-bond acceptors (Lipinski definition) is 5. The lowest BCUT2D eigenvalue weighted by Crippen LogP contribution is -2.41. The Morgan fingerprint density at radius 2 is 1.67 bits per heavy atom. The second-order valence-electron chi connectivity index (χ2n) is 2.37. The van der Waals surface area contributed by atoms with Crippen LogP contribution in [0.4, 0.5) is 0 Å². The Morgan fingerprint density at radius 1 is 1.25 bits per heavy atom. The number of aliphatic hydroxyl groups excluding tert-OH is 2. The first kappa shape index (κ1) is 11.8. The summed E-state index contributed by atoms with van der Waals surface area (Å²) in [7, 11) is -4.43. The molecule has 74 valence electrons. The molecule has 6 nitrogen and oxygen atoms in total. The molecule has 0 bridgehead atoms. The molecule has 0 aliphatic heterocycles. The summed E-state index contributed by atoms with van der Waals surface area (Å²) in [6.45, 7) is 1.39. The van der Waals surface area contributed by atoms with E-state index in [1.165, 1.54) is 6.92 Å². The van der Waals surface area contributed by atoms with Gasteiger partial charge in [0.1, 0.15) is 11.4 Å². The summed E-state index contributed by atoms with van der Waals surface area (Å²) in [5.41, 5.74) is 0. The average molecular weight is 200 g/mol. The van der Waals surface area contributed by atoms with Crippen molar-refractivity contribution in [2.45, 2.75) is 31.0 Å². The van der Waals surface area contributed by atoms with Crippen molar-refractivity contribution >= 4 is 10.1 Å². The largest absolute Gasteiger partial charge is 0.386 e. The molecule has 0 aromatic carbocycles. The molecular weight excluding hydrogens is 188 g/mol. The maximum absolute atomic E-state index is 10.5. The van der Waals surface area contributed by atoms with E-state index in [2.05, 4.69) is 0 Å². The van der Waals surface area contributed by atoms with E-state index in [0.29, 0.717) is 0 Å². The Balaban J connectivity index is 4.58. The normalized spacial score (nSPS) is 17.8. The van der Waals surface area contributed by atoms with Crippen molar-refractivity contribution in [3.05, 3.63) is 0 Å². The van der Waals surface area contributed by atoms with Crippen molar-refractivity contribution in [3.8, 4) is 0 Å². The predicted octanol–water partition coefficient (Wildman–Crippen LogP) is -1.68. The summed E-state index contributed by atoms with van der Waals surface area (Å²) >= 11 is 0. The van der Waals surface area contributed by atoms with E-state index in [0.717, 1.165) is 0 Å². The fourth-order valence-corrected chi connectivity index (χ4v) is 1.73. The second kappa shape index (κ2) is 4.15. The van der Waals surface area contributed by atoms with Crippen molar-refractivity contribution in [3.63, 3.8) is 0 Å². The molecule has 0 amide bonds. The fourth-order valence-electron chi connectivity index (χ4n) is 0.820. The molecule has 0 rings (SSSR count). The fraction of sp³-hybridized carbons (Fsp3) is 1.00. The van der Waals surface area contributed by atoms with Crippen molar-refractivity contribution in [2.24, 2.45) is 0 Å². The maximum Gasteiger partial charge on any atom is 0.270 e. The standard InChI is InChI=1S/C5H12O6S/c1-2-3(12(9,10)11)4(6)5(7)8/h3-8H,2H2,1H3,(H,9,10,11). The Morgan fingerprint density at radius 3 is 1.75 bits per heavy atom. The van der Waals surface area contributed by atoms with Gasteiger partial charge in [0.2, 0.25) is 0 Å². The first-order valence-corrected chi connectivity index (χ1v) is 4.81. The van der Waals surface area contributed by atoms with E-state index in [1.807, 2.05) is 0 Å². The third-order valence-corrected chi connectivity index (χ3v) is 2.85. The van der Waals surface area contributed by atoms with Gasteiger partial charge < -0.3 is 15.3 Å². The molecule has 12 heavy (non-hydrogen) atoms. The molecule has 7 heteroatoms. The summed E-state index contributed by atoms with van der Waals surface area (Å²) in [6, 6.07) is 0. The lowest BCUT2D eigenvalue weighted by molar-refractivity contribution is -0.122. The maximum atomic E-state index is 10.5. The van der Waals surface area contributed by atoms with Crippen LogP contribution in [-0.4, -0.2) is 45.9 Å². The van der Waals surface area contributed by atoms with E-state index in [-0.39, 0.29) is 6.42 Å². The van der Waals surface area contributed by atoms with Crippen LogP contribution >= 0.6 is 0 Å². The van der Waals surface area contributed by atoms with Gasteiger partial charge in [-0.1, -0.05) is 6.92 Å². The van der Waals surface area contributed by atoms with E-state index >= 15 is 0 Å². The second-order valence-corrected chi connectivity index (χ2v) is 4.00. The summed E-state index contributed by atoms with van der Waals surface area (Å²) in [5.74, 6) is 0. The van der Waals surface area contributed by atoms with Crippen LogP contribution in [0.2, 0.25) is 0 Å². The zero-order valence-electron chi connectivity index (χ0n) is 6.45. The Hall–Kier alpha value is -0.210. The van der Waals surface area contributed by atoms with Gasteiger partial charge in [0.25, 0.3) is 10.1 Å². The number of rotatable bonds is 4. The van der Waals surface area contributed by atoms with Gasteiger partial charge in [-0.2, -0.15) is 8.42 Å². The molecule has 0 aliphatic carbocycles. The minimum atomic E-state index is -4.43. The molecule has 0 heterocycles. The predicted molar refractivity (Wildman–Crippen MR) is 39.9 cm³/mol. The zero-order chi connectivity index (χ0) is 9.94. The highest BCUT2D eigenvalue weighted by Crippen LogP contribution is 2.11. The van der Waals surface area contributed by atoms with Gasteiger partial charge >= 0.3 is 0 Å². The molecule has 0 aromatic rings. The van der Waals surface area contributed by atoms with Crippen LogP contribution in [0.25, 0.3) is 0 Å². The van der Waals surface area contributed by atoms with Crippen LogP contribution in [0, 0.1) is 0 Å². The highest BCUT2D eigenvalue weighted by Gasteiger charge is 2.33. The van der Waals surface area contributed by atoms with Gasteiger partial charge in [0, 0.05) is 0 Å². The van der Waals surface area contributed by atoms with Crippen LogP contribution in [0.1, 0.15) is 13.3 Å². The van der Waals surface area contributed by atoms with Gasteiger partial charge in [-0.25, -0.2) is 0 Å². The summed E-state index contributed by atoms with van der Waals surface area (Å²) < 4.78 is 29.5. The van der Waals surface area contributed by atoms with E-state index < -0.39 is 27.8 Å². The van der Waals surface area contributed by atoms with Gasteiger partial charge in [-0.05, 0) is 6.42 Å². The Kier molecular flexibility index (Phi) is 4.08. The topological polar surface area (TPSA) is 115 Å². The zero-order valence-corrected chi connectivity index (χ0v) is 7.27. The molecule has 0 radical (unpaired) electrons. The van der Waals surface area contributed by atoms with Crippen molar-refractivity contribution in [1.29, 1.82) is 0 Å². The Labute approximate surface area is 70.2 Å². The molecule has 0 saturated heterocycles. The molecule has 4 N–H and O–H groups in total. The van der Waals surface area contributed by atoms with Crippen LogP contribution in [0.3, 0.4) is 0 Å². The first-order valence-electron chi connectivity index (χ1n) is 3.31. The summed E-state index contributed by atoms with van der Waals surface area (Å²) in [4.78, 5) is 0. The quantitative estimate of drug-likeness (QED) is 0.318. The van der Waals surface area contributed by atoms with Crippen molar-refractivity contribution in [1.82, 2.24) is 0 Å². The van der Waals surface area contributed by atoms with Gasteiger partial charge in [-0.3, -0.25) is 4.55 Å². The van der Waals surface area contributed by atoms with Crippen LogP contribution < -0.4 is 0 Å².